The van der Waals surface area contributed by atoms with Gasteiger partial charge in [0.2, 0.25) is 0 Å². The lowest BCUT2D eigenvalue weighted by atomic mass is 10.1. The zero-order valence-corrected chi connectivity index (χ0v) is 15.5. The Bertz CT molecular complexity index is 962. The molecular weight excluding hydrogens is 344 g/mol. The fourth-order valence-electron chi connectivity index (χ4n) is 3.43. The van der Waals surface area contributed by atoms with E-state index in [0.29, 0.717) is 30.2 Å². The molecule has 0 radical (unpaired) electrons. The molecule has 0 unspecified atom stereocenters. The van der Waals surface area contributed by atoms with Crippen LogP contribution >= 0.6 is 0 Å². The number of piperazine rings is 1. The molecule has 1 saturated heterocycles. The van der Waals surface area contributed by atoms with Gasteiger partial charge in [-0.3, -0.25) is 4.79 Å². The number of para-hydroxylation sites is 1. The maximum atomic E-state index is 13.1. The lowest BCUT2D eigenvalue weighted by Gasteiger charge is -2.33. The number of ether oxygens (including phenoxy) is 1. The molecule has 0 saturated carbocycles. The number of carbonyl (C=O) groups is 1. The number of nitrogens with zero attached hydrogens (tertiary/aromatic N) is 6. The number of benzene rings is 1. The topological polar surface area (TPSA) is 75.9 Å². The van der Waals surface area contributed by atoms with E-state index in [1.807, 2.05) is 29.2 Å². The van der Waals surface area contributed by atoms with E-state index in [1.165, 1.54) is 6.33 Å². The zero-order chi connectivity index (χ0) is 18.8. The van der Waals surface area contributed by atoms with E-state index >= 15 is 0 Å². The van der Waals surface area contributed by atoms with Gasteiger partial charge in [0, 0.05) is 37.3 Å². The van der Waals surface area contributed by atoms with Gasteiger partial charge in [0.1, 0.15) is 17.8 Å². The first-order chi connectivity index (χ1) is 13.2. The number of hydrogen-bond donors (Lipinski definition) is 0. The van der Waals surface area contributed by atoms with Gasteiger partial charge in [0.25, 0.3) is 5.91 Å². The molecule has 2 aromatic heterocycles. The van der Waals surface area contributed by atoms with Crippen molar-refractivity contribution in [3.8, 4) is 16.9 Å². The number of rotatable bonds is 4. The molecule has 8 nitrogen and oxygen atoms in total. The maximum absolute atomic E-state index is 13.1. The van der Waals surface area contributed by atoms with Crippen LogP contribution in [0.3, 0.4) is 0 Å². The summed E-state index contributed by atoms with van der Waals surface area (Å²) >= 11 is 0. The molecule has 0 spiro atoms. The Kier molecular flexibility index (Phi) is 4.72. The minimum Gasteiger partial charge on any atom is -0.496 e. The molecule has 1 aliphatic heterocycles. The lowest BCUT2D eigenvalue weighted by molar-refractivity contribution is 0.0636. The van der Waals surface area contributed by atoms with E-state index in [4.69, 9.17) is 4.74 Å². The Morgan fingerprint density at radius 2 is 1.93 bits per heavy atom. The molecule has 0 aliphatic carbocycles. The predicted molar refractivity (Wildman–Crippen MR) is 101 cm³/mol. The summed E-state index contributed by atoms with van der Waals surface area (Å²) in [6.45, 7) is 6.33. The quantitative estimate of drug-likeness (QED) is 0.698. The normalized spacial score (nSPS) is 15.3. The van der Waals surface area contributed by atoms with Crippen LogP contribution in [0.25, 0.3) is 16.8 Å². The molecule has 1 aliphatic rings. The van der Waals surface area contributed by atoms with Crippen LogP contribution in [-0.2, 0) is 0 Å². The van der Waals surface area contributed by atoms with Crippen molar-refractivity contribution in [1.29, 1.82) is 0 Å². The van der Waals surface area contributed by atoms with Gasteiger partial charge < -0.3 is 14.5 Å². The van der Waals surface area contributed by atoms with Crippen molar-refractivity contribution < 1.29 is 9.53 Å². The highest BCUT2D eigenvalue weighted by Crippen LogP contribution is 2.32. The molecule has 1 aromatic carbocycles. The first-order valence-electron chi connectivity index (χ1n) is 9.07. The van der Waals surface area contributed by atoms with Crippen LogP contribution in [0.1, 0.15) is 17.4 Å². The van der Waals surface area contributed by atoms with Gasteiger partial charge in [-0.2, -0.15) is 9.61 Å². The molecule has 4 rings (SSSR count). The number of methoxy groups -OCH3 is 1. The van der Waals surface area contributed by atoms with Crippen molar-refractivity contribution >= 4 is 11.6 Å². The third kappa shape index (κ3) is 3.23. The molecule has 3 heterocycles. The van der Waals surface area contributed by atoms with Crippen molar-refractivity contribution in [2.24, 2.45) is 0 Å². The highest BCUT2D eigenvalue weighted by Gasteiger charge is 2.24. The monoisotopic (exact) mass is 366 g/mol. The largest absolute Gasteiger partial charge is 0.496 e. The molecule has 3 aromatic rings. The molecule has 140 valence electrons. The Morgan fingerprint density at radius 1 is 1.15 bits per heavy atom. The second-order valence-corrected chi connectivity index (χ2v) is 6.47. The van der Waals surface area contributed by atoms with Crippen LogP contribution in [-0.4, -0.2) is 75.4 Å². The molecular formula is C19H22N6O2. The van der Waals surface area contributed by atoms with Crippen LogP contribution in [0.5, 0.6) is 5.75 Å². The van der Waals surface area contributed by atoms with E-state index in [-0.39, 0.29) is 5.91 Å². The lowest BCUT2D eigenvalue weighted by Crippen LogP contribution is -2.48. The number of likely N-dealkylation sites (N-methyl/N-ethyl adjacent to an activating group) is 1. The molecule has 0 bridgehead atoms. The number of amides is 1. The fraction of sp³-hybridized carbons (Fsp3) is 0.368. The van der Waals surface area contributed by atoms with Gasteiger partial charge in [-0.1, -0.05) is 25.1 Å². The Labute approximate surface area is 157 Å². The summed E-state index contributed by atoms with van der Waals surface area (Å²) in [5.74, 6) is 0.640. The van der Waals surface area contributed by atoms with Gasteiger partial charge in [0.15, 0.2) is 5.65 Å². The fourth-order valence-corrected chi connectivity index (χ4v) is 3.43. The summed E-state index contributed by atoms with van der Waals surface area (Å²) in [5.41, 5.74) is 2.60. The van der Waals surface area contributed by atoms with E-state index < -0.39 is 0 Å². The van der Waals surface area contributed by atoms with E-state index in [2.05, 4.69) is 27.1 Å². The van der Waals surface area contributed by atoms with Crippen molar-refractivity contribution in [2.45, 2.75) is 6.92 Å². The molecule has 0 N–H and O–H groups in total. The number of aromatic nitrogens is 4. The summed E-state index contributed by atoms with van der Waals surface area (Å²) in [6, 6.07) is 9.45. The van der Waals surface area contributed by atoms with E-state index in [1.54, 1.807) is 17.7 Å². The Hall–Kier alpha value is -3.00. The first kappa shape index (κ1) is 17.4. The average Bonchev–Trinajstić information content (AvgIpc) is 3.21. The van der Waals surface area contributed by atoms with Gasteiger partial charge in [-0.05, 0) is 18.7 Å². The third-order valence-electron chi connectivity index (χ3n) is 4.99. The van der Waals surface area contributed by atoms with Crippen molar-refractivity contribution in [3.05, 3.63) is 42.4 Å². The maximum Gasteiger partial charge on any atom is 0.274 e. The minimum absolute atomic E-state index is 0.0718. The second kappa shape index (κ2) is 7.32. The summed E-state index contributed by atoms with van der Waals surface area (Å²) in [7, 11) is 1.63. The first-order valence-corrected chi connectivity index (χ1v) is 9.07. The summed E-state index contributed by atoms with van der Waals surface area (Å²) in [6.07, 6.45) is 1.51. The Morgan fingerprint density at radius 3 is 2.67 bits per heavy atom. The van der Waals surface area contributed by atoms with Gasteiger partial charge >= 0.3 is 0 Å². The van der Waals surface area contributed by atoms with Gasteiger partial charge in [-0.15, -0.1) is 10.2 Å². The summed E-state index contributed by atoms with van der Waals surface area (Å²) in [4.78, 5) is 17.2. The van der Waals surface area contributed by atoms with Crippen LogP contribution in [0.2, 0.25) is 0 Å². The Balaban J connectivity index is 1.74. The van der Waals surface area contributed by atoms with Crippen LogP contribution in [0, 0.1) is 0 Å². The van der Waals surface area contributed by atoms with Crippen LogP contribution < -0.4 is 4.74 Å². The highest BCUT2D eigenvalue weighted by atomic mass is 16.5. The standard InChI is InChI=1S/C19H22N6O2/c1-3-23-8-10-24(11-9-23)19(26)16-12-15(18-21-20-13-25(18)22-16)14-6-4-5-7-17(14)27-2/h4-7,12-13H,3,8-11H2,1-2H3. The average molecular weight is 366 g/mol. The second-order valence-electron chi connectivity index (χ2n) is 6.47. The molecule has 0 atom stereocenters. The highest BCUT2D eigenvalue weighted by molar-refractivity contribution is 5.95. The molecule has 1 fully saturated rings. The van der Waals surface area contributed by atoms with Crippen molar-refractivity contribution in [1.82, 2.24) is 29.6 Å². The van der Waals surface area contributed by atoms with Gasteiger partial charge in [-0.25, -0.2) is 0 Å². The summed E-state index contributed by atoms with van der Waals surface area (Å²) < 4.78 is 7.04. The van der Waals surface area contributed by atoms with Crippen LogP contribution in [0.15, 0.2) is 36.7 Å². The zero-order valence-electron chi connectivity index (χ0n) is 15.5. The number of fused-ring (bicyclic) bond motifs is 1. The number of hydrogen-bond acceptors (Lipinski definition) is 6. The van der Waals surface area contributed by atoms with Crippen molar-refractivity contribution in [2.75, 3.05) is 39.8 Å². The van der Waals surface area contributed by atoms with Crippen molar-refractivity contribution in [3.63, 3.8) is 0 Å². The van der Waals surface area contributed by atoms with Crippen LogP contribution in [0.4, 0.5) is 0 Å². The third-order valence-corrected chi connectivity index (χ3v) is 4.99. The predicted octanol–water partition coefficient (Wildman–Crippen LogP) is 1.58. The van der Waals surface area contributed by atoms with E-state index in [9.17, 15) is 4.79 Å². The van der Waals surface area contributed by atoms with E-state index in [0.717, 1.165) is 30.8 Å². The minimum atomic E-state index is -0.0718. The molecule has 27 heavy (non-hydrogen) atoms. The molecule has 8 heteroatoms. The summed E-state index contributed by atoms with van der Waals surface area (Å²) in [5, 5.41) is 12.6. The number of carbonyl (C=O) groups excluding carboxylic acids is 1. The molecule has 1 amide bonds. The SMILES string of the molecule is CCN1CCN(C(=O)c2cc(-c3ccccc3OC)c3nncn3n2)CC1. The smallest absolute Gasteiger partial charge is 0.274 e. The van der Waals surface area contributed by atoms with Gasteiger partial charge in [0.05, 0.1) is 7.11 Å².